The van der Waals surface area contributed by atoms with E-state index in [2.05, 4.69) is 128 Å². The maximum Gasteiger partial charge on any atom is 0.156 e. The van der Waals surface area contributed by atoms with Gasteiger partial charge in [0, 0.05) is 6.21 Å². The van der Waals surface area contributed by atoms with Crippen LogP contribution in [0.3, 0.4) is 0 Å². The van der Waals surface area contributed by atoms with E-state index in [1.165, 1.54) is 11.1 Å². The van der Waals surface area contributed by atoms with Crippen molar-refractivity contribution < 1.29 is 4.39 Å². The highest BCUT2D eigenvalue weighted by Crippen LogP contribution is 2.51. The first-order valence-corrected chi connectivity index (χ1v) is 19.3. The summed E-state index contributed by atoms with van der Waals surface area (Å²) in [6.07, 6.45) is 14.4. The molecule has 0 aliphatic heterocycles. The van der Waals surface area contributed by atoms with Gasteiger partial charge in [0.25, 0.3) is 0 Å². The van der Waals surface area contributed by atoms with Crippen molar-refractivity contribution >= 4 is 52.5 Å². The number of anilines is 1. The Hall–Kier alpha value is -3.43. The molecule has 7 heteroatoms. The second kappa shape index (κ2) is 23.8. The predicted octanol–water partition coefficient (Wildman–Crippen LogP) is 11.8. The smallest absolute Gasteiger partial charge is 0.156 e. The van der Waals surface area contributed by atoms with Gasteiger partial charge < -0.3 is 5.32 Å². The van der Waals surface area contributed by atoms with Crippen molar-refractivity contribution in [2.75, 3.05) is 16.8 Å². The van der Waals surface area contributed by atoms with Crippen LogP contribution in [-0.4, -0.2) is 33.8 Å². The quantitative estimate of drug-likeness (QED) is 0.0562. The Balaban J connectivity index is 0.00000189. The van der Waals surface area contributed by atoms with Crippen LogP contribution >= 0.6 is 22.6 Å². The van der Waals surface area contributed by atoms with Crippen molar-refractivity contribution in [1.82, 2.24) is 15.3 Å². The van der Waals surface area contributed by atoms with Gasteiger partial charge in [-0.25, -0.2) is 14.4 Å². The van der Waals surface area contributed by atoms with Crippen LogP contribution in [0.4, 0.5) is 15.9 Å². The molecule has 1 aliphatic rings. The molecule has 2 aromatic carbocycles. The number of allylic oxidation sites excluding steroid dienone is 1. The first-order valence-electron chi connectivity index (χ1n) is 17.1. The summed E-state index contributed by atoms with van der Waals surface area (Å²) in [7, 11) is 0. The van der Waals surface area contributed by atoms with Crippen LogP contribution in [-0.2, 0) is 12.8 Å². The lowest BCUT2D eigenvalue weighted by Crippen LogP contribution is -2.33. The lowest BCUT2D eigenvalue weighted by Gasteiger charge is -2.31. The average Bonchev–Trinajstić information content (AvgIpc) is 3.51. The molecular formula is C42H59FIN5. The van der Waals surface area contributed by atoms with E-state index in [4.69, 9.17) is 9.98 Å². The summed E-state index contributed by atoms with van der Waals surface area (Å²) < 4.78 is 15.1. The lowest BCUT2D eigenvalue weighted by molar-refractivity contribution is 0.273. The van der Waals surface area contributed by atoms with Gasteiger partial charge in [-0.1, -0.05) is 96.3 Å². The fourth-order valence-electron chi connectivity index (χ4n) is 6.81. The van der Waals surface area contributed by atoms with Crippen molar-refractivity contribution in [2.24, 2.45) is 16.3 Å². The topological polar surface area (TPSA) is 62.2 Å². The highest BCUT2D eigenvalue weighted by molar-refractivity contribution is 14.1. The number of nitrogens with zero attached hydrogens (tertiary/aromatic N) is 3. The number of nitrogens with one attached hydrogen (secondary N) is 2. The second-order valence-electron chi connectivity index (χ2n) is 12.2. The minimum atomic E-state index is -0.0850. The molecule has 1 aliphatic carbocycles. The van der Waals surface area contributed by atoms with Gasteiger partial charge in [-0.15, -0.1) is 26.3 Å². The number of rotatable bonds is 14. The van der Waals surface area contributed by atoms with Crippen molar-refractivity contribution in [2.45, 2.75) is 85.7 Å². The Bertz CT molecular complexity index is 1470. The molecule has 0 spiro atoms. The highest BCUT2D eigenvalue weighted by Gasteiger charge is 2.40. The monoisotopic (exact) mass is 779 g/mol. The van der Waals surface area contributed by atoms with E-state index in [9.17, 15) is 0 Å². The molecule has 0 amide bonds. The van der Waals surface area contributed by atoms with Crippen molar-refractivity contribution in [3.05, 3.63) is 121 Å². The van der Waals surface area contributed by atoms with Gasteiger partial charge in [-0.3, -0.25) is 10.3 Å². The van der Waals surface area contributed by atoms with Crippen molar-refractivity contribution in [3.63, 3.8) is 0 Å². The van der Waals surface area contributed by atoms with Gasteiger partial charge in [0.05, 0.1) is 11.9 Å². The second-order valence-corrected chi connectivity index (χ2v) is 12.2. The molecule has 0 bridgehead atoms. The van der Waals surface area contributed by atoms with Gasteiger partial charge in [0.2, 0.25) is 0 Å². The van der Waals surface area contributed by atoms with E-state index in [-0.39, 0.29) is 17.4 Å². The molecule has 1 heterocycles. The Morgan fingerprint density at radius 2 is 1.82 bits per heavy atom. The summed E-state index contributed by atoms with van der Waals surface area (Å²) in [5.74, 6) is 1.18. The van der Waals surface area contributed by atoms with Crippen molar-refractivity contribution in [3.8, 4) is 0 Å². The third-order valence-corrected chi connectivity index (χ3v) is 8.73. The molecule has 3 unspecified atom stereocenters. The number of hydrogen-bond acceptors (Lipinski definition) is 5. The molecule has 5 nitrogen and oxygen atoms in total. The zero-order valence-electron chi connectivity index (χ0n) is 30.8. The first-order chi connectivity index (χ1) is 23.8. The van der Waals surface area contributed by atoms with E-state index in [1.807, 2.05) is 37.1 Å². The maximum atomic E-state index is 15.1. The summed E-state index contributed by atoms with van der Waals surface area (Å²) in [6, 6.07) is 14.4. The Morgan fingerprint density at radius 3 is 2.45 bits per heavy atom. The van der Waals surface area contributed by atoms with Crippen LogP contribution in [0, 0.1) is 24.1 Å². The first kappa shape index (κ1) is 43.6. The molecular weight excluding hydrogens is 720 g/mol. The number of aliphatic imine (C=N–C) groups is 1. The third kappa shape index (κ3) is 13.4. The molecule has 3 atom stereocenters. The summed E-state index contributed by atoms with van der Waals surface area (Å²) in [5.41, 5.74) is 6.81. The number of alkyl halides is 1. The summed E-state index contributed by atoms with van der Waals surface area (Å²) in [4.78, 5) is 16.1. The van der Waals surface area contributed by atoms with Crippen LogP contribution in [0.25, 0.3) is 12.2 Å². The minimum Gasteiger partial charge on any atom is -0.353 e. The fraction of sp³-hybridized carbons (Fsp3) is 0.405. The summed E-state index contributed by atoms with van der Waals surface area (Å²) in [6.45, 7) is 27.0. The molecule has 0 saturated heterocycles. The molecule has 0 radical (unpaired) electrons. The van der Waals surface area contributed by atoms with E-state index in [1.54, 1.807) is 12.4 Å². The van der Waals surface area contributed by atoms with Crippen molar-refractivity contribution in [1.29, 1.82) is 0 Å². The van der Waals surface area contributed by atoms with Gasteiger partial charge in [-0.05, 0) is 118 Å². The lowest BCUT2D eigenvalue weighted by atomic mass is 9.75. The predicted molar refractivity (Wildman–Crippen MR) is 223 cm³/mol. The standard InChI is InChI=1S/C37H48FN5.2C2H4.CH3I/c1-7-31-17-15-27(5)34(38)32(31)18-16-30-19-20-37(23-30,22-26(4)21-29-13-11-10-12-14-29)24-33-35(40-9-3)36(42-25-41-33)43-28(6)39-8-2;3*1-2/h7,9-15,17,21,25,28,30,39H,1,8,16,18-20,22-24H2,2-6H3,(H,41,42,43);2*1-2H2;1H3/b26-21+,40-9?;;;. The SMILES string of the molecule is C=C.C=C.C=Cc1ccc(C)c(F)c1CCC1CCC(C/C(C)=C/c2ccccc2)(Cc2ncnc(NC(C)NCC)c2N=CC)C1.CI. The number of aryl methyl sites for hydroxylation is 1. The summed E-state index contributed by atoms with van der Waals surface area (Å²) in [5, 5.41) is 6.88. The minimum absolute atomic E-state index is 0.0311. The zero-order valence-corrected chi connectivity index (χ0v) is 33.0. The van der Waals surface area contributed by atoms with Crippen LogP contribution in [0.5, 0.6) is 0 Å². The normalized spacial score (nSPS) is 17.5. The Kier molecular flexibility index (Phi) is 21.2. The Labute approximate surface area is 310 Å². The number of benzene rings is 2. The molecule has 49 heavy (non-hydrogen) atoms. The van der Waals surface area contributed by atoms with Gasteiger partial charge in [0.15, 0.2) is 5.82 Å². The van der Waals surface area contributed by atoms with Gasteiger partial charge in [-0.2, -0.15) is 0 Å². The van der Waals surface area contributed by atoms with Gasteiger partial charge in [0.1, 0.15) is 17.8 Å². The molecule has 1 aromatic heterocycles. The van der Waals surface area contributed by atoms with Crippen LogP contribution in [0.1, 0.15) is 87.7 Å². The van der Waals surface area contributed by atoms with Crippen LogP contribution < -0.4 is 10.6 Å². The van der Waals surface area contributed by atoms with Crippen LogP contribution in [0.15, 0.2) is 92.3 Å². The van der Waals surface area contributed by atoms with E-state index in [0.29, 0.717) is 11.5 Å². The van der Waals surface area contributed by atoms with E-state index >= 15 is 4.39 Å². The molecule has 1 saturated carbocycles. The number of halogens is 2. The fourth-order valence-corrected chi connectivity index (χ4v) is 6.81. The molecule has 4 rings (SSSR count). The largest absolute Gasteiger partial charge is 0.353 e. The Morgan fingerprint density at radius 1 is 1.12 bits per heavy atom. The maximum absolute atomic E-state index is 15.1. The van der Waals surface area contributed by atoms with Gasteiger partial charge >= 0.3 is 0 Å². The molecule has 2 N–H and O–H groups in total. The average molecular weight is 780 g/mol. The van der Waals surface area contributed by atoms with E-state index < -0.39 is 0 Å². The third-order valence-electron chi connectivity index (χ3n) is 8.73. The summed E-state index contributed by atoms with van der Waals surface area (Å²) >= 11 is 2.15. The van der Waals surface area contributed by atoms with E-state index in [0.717, 1.165) is 79.8 Å². The number of hydrogen-bond donors (Lipinski definition) is 2. The van der Waals surface area contributed by atoms with Crippen LogP contribution in [0.2, 0.25) is 0 Å². The number of aromatic nitrogens is 2. The molecule has 3 aromatic rings. The molecule has 1 fully saturated rings. The zero-order chi connectivity index (χ0) is 36.8. The molecule has 266 valence electrons. The highest BCUT2D eigenvalue weighted by atomic mass is 127.